The van der Waals surface area contributed by atoms with Gasteiger partial charge < -0.3 is 20.8 Å². The van der Waals surface area contributed by atoms with Gasteiger partial charge in [0.2, 0.25) is 5.91 Å². The lowest BCUT2D eigenvalue weighted by molar-refractivity contribution is -0.122. The third-order valence-electron chi connectivity index (χ3n) is 5.37. The molecular formula is C23H27N3O3. The number of rotatable bonds is 8. The van der Waals surface area contributed by atoms with Crippen molar-refractivity contribution in [3.05, 3.63) is 65.9 Å². The summed E-state index contributed by atoms with van der Waals surface area (Å²) < 4.78 is 5.58. The van der Waals surface area contributed by atoms with E-state index in [1.165, 1.54) is 0 Å². The zero-order chi connectivity index (χ0) is 20.9. The minimum Gasteiger partial charge on any atom is -0.451 e. The Morgan fingerprint density at radius 1 is 1.03 bits per heavy atom. The highest BCUT2D eigenvalue weighted by Gasteiger charge is 2.26. The molecule has 0 bridgehead atoms. The first kappa shape index (κ1) is 20.6. The fourth-order valence-corrected chi connectivity index (χ4v) is 3.28. The molecule has 0 aliphatic carbocycles. The highest BCUT2D eigenvalue weighted by molar-refractivity contribution is 6.04. The van der Waals surface area contributed by atoms with E-state index in [1.807, 2.05) is 50.2 Å². The van der Waals surface area contributed by atoms with Crippen LogP contribution in [0.15, 0.2) is 59.0 Å². The fraction of sp³-hybridized carbons (Fsp3) is 0.304. The molecule has 4 N–H and O–H groups in total. The molecule has 3 rings (SSSR count). The van der Waals surface area contributed by atoms with Crippen molar-refractivity contribution in [1.82, 2.24) is 5.32 Å². The molecule has 2 amide bonds. The zero-order valence-electron chi connectivity index (χ0n) is 16.8. The lowest BCUT2D eigenvalue weighted by atomic mass is 9.92. The van der Waals surface area contributed by atoms with E-state index >= 15 is 0 Å². The predicted octanol–water partition coefficient (Wildman–Crippen LogP) is 3.86. The van der Waals surface area contributed by atoms with Gasteiger partial charge in [0.05, 0.1) is 12.0 Å². The van der Waals surface area contributed by atoms with Gasteiger partial charge in [-0.25, -0.2) is 0 Å². The summed E-state index contributed by atoms with van der Waals surface area (Å²) in [5.41, 5.74) is 7.67. The summed E-state index contributed by atoms with van der Waals surface area (Å²) in [6.45, 7) is 4.46. The minimum absolute atomic E-state index is 0.0572. The molecule has 0 saturated heterocycles. The summed E-state index contributed by atoms with van der Waals surface area (Å²) in [6.07, 6.45) is 1.84. The van der Waals surface area contributed by atoms with Crippen molar-refractivity contribution < 1.29 is 14.0 Å². The van der Waals surface area contributed by atoms with Crippen LogP contribution in [0.2, 0.25) is 0 Å². The standard InChI is InChI=1S/C23H27N3O3/c1-3-23(4-2,15-24)26-21(27)13-16-9-11-18(12-10-16)25-22(28)20-14-17-7-5-6-8-19(17)29-20/h5-12,14H,3-4,13,15,24H2,1-2H3,(H,25,28)(H,26,27). The van der Waals surface area contributed by atoms with Gasteiger partial charge in [0.1, 0.15) is 5.58 Å². The molecule has 1 aromatic heterocycles. The second-order valence-electron chi connectivity index (χ2n) is 7.22. The summed E-state index contributed by atoms with van der Waals surface area (Å²) in [5.74, 6) is -0.115. The maximum absolute atomic E-state index is 12.4. The van der Waals surface area contributed by atoms with Gasteiger partial charge in [-0.3, -0.25) is 9.59 Å². The monoisotopic (exact) mass is 393 g/mol. The SMILES string of the molecule is CCC(CC)(CN)NC(=O)Cc1ccc(NC(=O)c2cc3ccccc3o2)cc1. The molecule has 29 heavy (non-hydrogen) atoms. The van der Waals surface area contributed by atoms with Crippen LogP contribution in [-0.4, -0.2) is 23.9 Å². The van der Waals surface area contributed by atoms with E-state index in [1.54, 1.807) is 18.2 Å². The Labute approximate surface area is 170 Å². The van der Waals surface area contributed by atoms with Crippen LogP contribution < -0.4 is 16.4 Å². The number of hydrogen-bond donors (Lipinski definition) is 3. The van der Waals surface area contributed by atoms with Gasteiger partial charge in [-0.1, -0.05) is 44.2 Å². The van der Waals surface area contributed by atoms with Gasteiger partial charge in [0.15, 0.2) is 5.76 Å². The Kier molecular flexibility index (Phi) is 6.34. The molecule has 0 spiro atoms. The van der Waals surface area contributed by atoms with Crippen LogP contribution in [0.4, 0.5) is 5.69 Å². The molecule has 0 fully saturated rings. The van der Waals surface area contributed by atoms with Crippen molar-refractivity contribution in [3.8, 4) is 0 Å². The average molecular weight is 393 g/mol. The number of nitrogens with one attached hydrogen (secondary N) is 2. The van der Waals surface area contributed by atoms with E-state index < -0.39 is 0 Å². The van der Waals surface area contributed by atoms with Crippen molar-refractivity contribution in [3.63, 3.8) is 0 Å². The number of furan rings is 1. The number of carbonyl (C=O) groups is 2. The highest BCUT2D eigenvalue weighted by Crippen LogP contribution is 2.20. The number of benzene rings is 2. The second-order valence-corrected chi connectivity index (χ2v) is 7.22. The van der Waals surface area contributed by atoms with Crippen LogP contribution >= 0.6 is 0 Å². The van der Waals surface area contributed by atoms with Gasteiger partial charge >= 0.3 is 0 Å². The molecule has 0 unspecified atom stereocenters. The lowest BCUT2D eigenvalue weighted by Crippen LogP contribution is -2.53. The Balaban J connectivity index is 1.61. The third kappa shape index (κ3) is 4.84. The van der Waals surface area contributed by atoms with E-state index in [2.05, 4.69) is 10.6 Å². The lowest BCUT2D eigenvalue weighted by Gasteiger charge is -2.31. The van der Waals surface area contributed by atoms with Crippen molar-refractivity contribution in [2.45, 2.75) is 38.6 Å². The van der Waals surface area contributed by atoms with E-state index in [4.69, 9.17) is 10.2 Å². The first-order valence-corrected chi connectivity index (χ1v) is 9.88. The number of hydrogen-bond acceptors (Lipinski definition) is 4. The minimum atomic E-state index is -0.350. The fourth-order valence-electron chi connectivity index (χ4n) is 3.28. The smallest absolute Gasteiger partial charge is 0.291 e. The van der Waals surface area contributed by atoms with Crippen LogP contribution in [0, 0.1) is 0 Å². The Hall–Kier alpha value is -3.12. The van der Waals surface area contributed by atoms with Crippen LogP contribution in [0.5, 0.6) is 0 Å². The van der Waals surface area contributed by atoms with Crippen molar-refractivity contribution >= 4 is 28.5 Å². The third-order valence-corrected chi connectivity index (χ3v) is 5.37. The van der Waals surface area contributed by atoms with Crippen molar-refractivity contribution in [1.29, 1.82) is 0 Å². The Bertz CT molecular complexity index is 947. The first-order valence-electron chi connectivity index (χ1n) is 9.88. The van der Waals surface area contributed by atoms with E-state index in [9.17, 15) is 9.59 Å². The molecule has 0 atom stereocenters. The van der Waals surface area contributed by atoms with Crippen LogP contribution in [0.3, 0.4) is 0 Å². The molecule has 1 heterocycles. The van der Waals surface area contributed by atoms with Gasteiger partial charge in [0.25, 0.3) is 5.91 Å². The molecule has 0 aliphatic rings. The second kappa shape index (κ2) is 8.92. The van der Waals surface area contributed by atoms with Gasteiger partial charge in [0, 0.05) is 17.6 Å². The van der Waals surface area contributed by atoms with Gasteiger partial charge in [-0.05, 0) is 42.7 Å². The molecule has 0 aliphatic heterocycles. The Morgan fingerprint density at radius 3 is 2.34 bits per heavy atom. The molecule has 6 heteroatoms. The largest absolute Gasteiger partial charge is 0.451 e. The molecule has 0 radical (unpaired) electrons. The molecular weight excluding hydrogens is 366 g/mol. The van der Waals surface area contributed by atoms with E-state index in [-0.39, 0.29) is 29.5 Å². The topological polar surface area (TPSA) is 97.4 Å². The van der Waals surface area contributed by atoms with Gasteiger partial charge in [-0.15, -0.1) is 0 Å². The van der Waals surface area contributed by atoms with Crippen molar-refractivity contribution in [2.24, 2.45) is 5.73 Å². The molecule has 2 aromatic carbocycles. The first-order chi connectivity index (χ1) is 14.0. The average Bonchev–Trinajstić information content (AvgIpc) is 3.18. The van der Waals surface area contributed by atoms with Crippen LogP contribution in [-0.2, 0) is 11.2 Å². The Morgan fingerprint density at radius 2 is 1.72 bits per heavy atom. The quantitative estimate of drug-likeness (QED) is 0.541. The summed E-state index contributed by atoms with van der Waals surface area (Å²) in [6, 6.07) is 16.4. The summed E-state index contributed by atoms with van der Waals surface area (Å²) in [7, 11) is 0. The normalized spacial score (nSPS) is 11.4. The molecule has 0 saturated carbocycles. The summed E-state index contributed by atoms with van der Waals surface area (Å²) in [5, 5.41) is 6.76. The summed E-state index contributed by atoms with van der Waals surface area (Å²) in [4.78, 5) is 24.8. The number of fused-ring (bicyclic) bond motifs is 1. The highest BCUT2D eigenvalue weighted by atomic mass is 16.3. The van der Waals surface area contributed by atoms with Crippen molar-refractivity contribution in [2.75, 3.05) is 11.9 Å². The zero-order valence-corrected chi connectivity index (χ0v) is 16.8. The molecule has 3 aromatic rings. The van der Waals surface area contributed by atoms with Crippen LogP contribution in [0.25, 0.3) is 11.0 Å². The number of anilines is 1. The van der Waals surface area contributed by atoms with E-state index in [0.717, 1.165) is 23.8 Å². The van der Waals surface area contributed by atoms with Crippen LogP contribution in [0.1, 0.15) is 42.8 Å². The number of para-hydroxylation sites is 1. The molecule has 6 nitrogen and oxygen atoms in total. The number of carbonyl (C=O) groups excluding carboxylic acids is 2. The maximum atomic E-state index is 12.4. The predicted molar refractivity (Wildman–Crippen MR) is 115 cm³/mol. The molecule has 152 valence electrons. The maximum Gasteiger partial charge on any atom is 0.291 e. The van der Waals surface area contributed by atoms with Gasteiger partial charge in [-0.2, -0.15) is 0 Å². The summed E-state index contributed by atoms with van der Waals surface area (Å²) >= 11 is 0. The number of nitrogens with two attached hydrogens (primary N) is 1. The number of amides is 2. The van der Waals surface area contributed by atoms with E-state index in [0.29, 0.717) is 17.8 Å².